The van der Waals surface area contributed by atoms with Gasteiger partial charge in [-0.1, -0.05) is 32.9 Å². The lowest BCUT2D eigenvalue weighted by Crippen LogP contribution is -2.34. The number of benzene rings is 2. The van der Waals surface area contributed by atoms with Crippen LogP contribution in [-0.2, 0) is 21.2 Å². The Hall–Kier alpha value is -2.87. The number of hydrogen-bond acceptors (Lipinski definition) is 5. The molecule has 1 N–H and O–H groups in total. The molecule has 0 unspecified atom stereocenters. The molecule has 0 aliphatic rings. The van der Waals surface area contributed by atoms with Crippen molar-refractivity contribution >= 4 is 32.6 Å². The number of carbonyl (C=O) groups is 1. The molecule has 0 amide bonds. The number of aromatic nitrogens is 2. The summed E-state index contributed by atoms with van der Waals surface area (Å²) in [5.74, 6) is -0.521. The van der Waals surface area contributed by atoms with Crippen LogP contribution in [0, 0.1) is 5.92 Å². The standard InChI is InChI=1S/C21H25N3O4S/c1-5-15-6-8-17(9-7-15)24(13-14(2)3)29(26,27)18-10-16-12-22-23-20(16)19(11-18)21(25)28-4/h6-12,14H,5,13H2,1-4H3,(H,22,23). The van der Waals surface area contributed by atoms with Gasteiger partial charge in [0, 0.05) is 11.9 Å². The number of nitrogens with zero attached hydrogens (tertiary/aromatic N) is 2. The second-order valence-corrected chi connectivity index (χ2v) is 9.11. The summed E-state index contributed by atoms with van der Waals surface area (Å²) < 4.78 is 33.4. The van der Waals surface area contributed by atoms with Crippen LogP contribution >= 0.6 is 0 Å². The Morgan fingerprint density at radius 1 is 1.21 bits per heavy atom. The third-order valence-corrected chi connectivity index (χ3v) is 6.45. The fourth-order valence-corrected chi connectivity index (χ4v) is 4.84. The number of rotatable bonds is 7. The summed E-state index contributed by atoms with van der Waals surface area (Å²) in [6.07, 6.45) is 2.36. The molecule has 1 heterocycles. The number of nitrogens with one attached hydrogen (secondary N) is 1. The first kappa shape index (κ1) is 20.9. The second kappa shape index (κ2) is 8.24. The maximum Gasteiger partial charge on any atom is 0.340 e. The van der Waals surface area contributed by atoms with Crippen LogP contribution in [0.1, 0.15) is 36.7 Å². The SMILES string of the molecule is CCc1ccc(N(CC(C)C)S(=O)(=O)c2cc(C(=O)OC)c3[nH]ncc3c2)cc1. The number of aryl methyl sites for hydroxylation is 1. The van der Waals surface area contributed by atoms with E-state index in [1.165, 1.54) is 29.7 Å². The van der Waals surface area contributed by atoms with Gasteiger partial charge < -0.3 is 4.74 Å². The van der Waals surface area contributed by atoms with Gasteiger partial charge in [-0.2, -0.15) is 5.10 Å². The highest BCUT2D eigenvalue weighted by Gasteiger charge is 2.28. The summed E-state index contributed by atoms with van der Waals surface area (Å²) in [5, 5.41) is 7.18. The number of methoxy groups -OCH3 is 1. The molecule has 0 bridgehead atoms. The van der Waals surface area contributed by atoms with Gasteiger partial charge >= 0.3 is 5.97 Å². The Bertz CT molecular complexity index is 1120. The van der Waals surface area contributed by atoms with E-state index in [1.807, 2.05) is 45.0 Å². The van der Waals surface area contributed by atoms with Crippen molar-refractivity contribution in [2.45, 2.75) is 32.1 Å². The van der Waals surface area contributed by atoms with Gasteiger partial charge in [0.15, 0.2) is 0 Å². The molecule has 1 aromatic heterocycles. The van der Waals surface area contributed by atoms with Crippen LogP contribution in [0.2, 0.25) is 0 Å². The minimum absolute atomic E-state index is 0.0204. The van der Waals surface area contributed by atoms with Gasteiger partial charge in [0.25, 0.3) is 10.0 Å². The van der Waals surface area contributed by atoms with Crippen molar-refractivity contribution in [3.63, 3.8) is 0 Å². The van der Waals surface area contributed by atoms with E-state index in [1.54, 1.807) is 0 Å². The quantitative estimate of drug-likeness (QED) is 0.593. The van der Waals surface area contributed by atoms with Gasteiger partial charge in [-0.15, -0.1) is 0 Å². The minimum atomic E-state index is -3.92. The van der Waals surface area contributed by atoms with Crippen molar-refractivity contribution < 1.29 is 17.9 Å². The number of fused-ring (bicyclic) bond motifs is 1. The maximum atomic E-state index is 13.6. The van der Waals surface area contributed by atoms with Crippen LogP contribution in [0.5, 0.6) is 0 Å². The number of H-pyrrole nitrogens is 1. The van der Waals surface area contributed by atoms with Crippen molar-refractivity contribution in [2.24, 2.45) is 5.92 Å². The number of ether oxygens (including phenoxy) is 1. The van der Waals surface area contributed by atoms with Crippen LogP contribution in [0.25, 0.3) is 10.9 Å². The lowest BCUT2D eigenvalue weighted by Gasteiger charge is -2.26. The molecule has 0 spiro atoms. The van der Waals surface area contributed by atoms with Crippen LogP contribution in [0.15, 0.2) is 47.5 Å². The highest BCUT2D eigenvalue weighted by molar-refractivity contribution is 7.92. The van der Waals surface area contributed by atoms with E-state index in [-0.39, 0.29) is 16.4 Å². The Morgan fingerprint density at radius 2 is 1.90 bits per heavy atom. The topological polar surface area (TPSA) is 92.4 Å². The van der Waals surface area contributed by atoms with Gasteiger partial charge in [-0.3, -0.25) is 9.40 Å². The normalized spacial score (nSPS) is 11.8. The van der Waals surface area contributed by atoms with E-state index < -0.39 is 16.0 Å². The lowest BCUT2D eigenvalue weighted by molar-refractivity contribution is 0.0602. The zero-order chi connectivity index (χ0) is 21.2. The second-order valence-electron chi connectivity index (χ2n) is 7.25. The van der Waals surface area contributed by atoms with Crippen LogP contribution < -0.4 is 4.31 Å². The number of hydrogen-bond donors (Lipinski definition) is 1. The number of sulfonamides is 1. The first-order valence-electron chi connectivity index (χ1n) is 9.45. The molecule has 7 nitrogen and oxygen atoms in total. The van der Waals surface area contributed by atoms with E-state index in [0.29, 0.717) is 23.1 Å². The van der Waals surface area contributed by atoms with E-state index >= 15 is 0 Å². The molecule has 2 aromatic carbocycles. The van der Waals surface area contributed by atoms with Crippen LogP contribution in [0.3, 0.4) is 0 Å². The molecule has 3 rings (SSSR count). The van der Waals surface area contributed by atoms with E-state index in [9.17, 15) is 13.2 Å². The molecule has 0 saturated carbocycles. The summed E-state index contributed by atoms with van der Waals surface area (Å²) in [7, 11) is -2.66. The van der Waals surface area contributed by atoms with Gasteiger partial charge in [0.1, 0.15) is 0 Å². The van der Waals surface area contributed by atoms with Gasteiger partial charge in [0.05, 0.1) is 35.0 Å². The minimum Gasteiger partial charge on any atom is -0.465 e. The summed E-state index contributed by atoms with van der Waals surface area (Å²) >= 11 is 0. The molecule has 29 heavy (non-hydrogen) atoms. The molecular weight excluding hydrogens is 390 g/mol. The summed E-state index contributed by atoms with van der Waals surface area (Å²) in [5.41, 5.74) is 2.29. The Morgan fingerprint density at radius 3 is 2.48 bits per heavy atom. The molecule has 0 saturated heterocycles. The summed E-state index contributed by atoms with van der Waals surface area (Å²) in [4.78, 5) is 12.2. The summed E-state index contributed by atoms with van der Waals surface area (Å²) in [6, 6.07) is 10.4. The van der Waals surface area contributed by atoms with Gasteiger partial charge in [-0.05, 0) is 42.2 Å². The largest absolute Gasteiger partial charge is 0.465 e. The third-order valence-electron chi connectivity index (χ3n) is 4.68. The van der Waals surface area contributed by atoms with Crippen molar-refractivity contribution in [1.82, 2.24) is 10.2 Å². The third kappa shape index (κ3) is 4.12. The van der Waals surface area contributed by atoms with Crippen molar-refractivity contribution in [3.8, 4) is 0 Å². The monoisotopic (exact) mass is 415 g/mol. The molecule has 0 aliphatic carbocycles. The predicted octanol–water partition coefficient (Wildman–Crippen LogP) is 3.76. The number of esters is 1. The first-order valence-corrected chi connectivity index (χ1v) is 10.9. The van der Waals surface area contributed by atoms with E-state index in [2.05, 4.69) is 10.2 Å². The van der Waals surface area contributed by atoms with Crippen molar-refractivity contribution in [3.05, 3.63) is 53.7 Å². The maximum absolute atomic E-state index is 13.6. The zero-order valence-electron chi connectivity index (χ0n) is 17.0. The summed E-state index contributed by atoms with van der Waals surface area (Å²) in [6.45, 7) is 6.28. The van der Waals surface area contributed by atoms with Crippen LogP contribution in [0.4, 0.5) is 5.69 Å². The number of aromatic amines is 1. The number of carbonyl (C=O) groups excluding carboxylic acids is 1. The highest BCUT2D eigenvalue weighted by Crippen LogP contribution is 2.29. The molecule has 8 heteroatoms. The first-order chi connectivity index (χ1) is 13.8. The van der Waals surface area contributed by atoms with E-state index in [4.69, 9.17) is 4.74 Å². The van der Waals surface area contributed by atoms with Crippen LogP contribution in [-0.4, -0.2) is 38.2 Å². The molecule has 0 radical (unpaired) electrons. The Kier molecular flexibility index (Phi) is 5.93. The molecule has 0 aliphatic heterocycles. The average molecular weight is 416 g/mol. The number of anilines is 1. The van der Waals surface area contributed by atoms with Gasteiger partial charge in [0.2, 0.25) is 0 Å². The zero-order valence-corrected chi connectivity index (χ0v) is 17.8. The lowest BCUT2D eigenvalue weighted by atomic mass is 10.1. The molecule has 154 valence electrons. The fourth-order valence-electron chi connectivity index (χ4n) is 3.15. The van der Waals surface area contributed by atoms with Crippen molar-refractivity contribution in [1.29, 1.82) is 0 Å². The molecular formula is C21H25N3O4S. The average Bonchev–Trinajstić information content (AvgIpc) is 3.19. The predicted molar refractivity (Wildman–Crippen MR) is 113 cm³/mol. The van der Waals surface area contributed by atoms with Gasteiger partial charge in [-0.25, -0.2) is 13.2 Å². The van der Waals surface area contributed by atoms with E-state index in [0.717, 1.165) is 12.0 Å². The smallest absolute Gasteiger partial charge is 0.340 e. The Balaban J connectivity index is 2.16. The fraction of sp³-hybridized carbons (Fsp3) is 0.333. The molecule has 0 fully saturated rings. The Labute approximate surface area is 170 Å². The molecule has 3 aromatic rings. The highest BCUT2D eigenvalue weighted by atomic mass is 32.2. The van der Waals surface area contributed by atoms with Crippen molar-refractivity contribution in [2.75, 3.05) is 18.0 Å². The molecule has 0 atom stereocenters.